The summed E-state index contributed by atoms with van der Waals surface area (Å²) in [5.74, 6) is -0.547. The molecule has 1 saturated heterocycles. The van der Waals surface area contributed by atoms with E-state index in [-0.39, 0.29) is 17.7 Å². The van der Waals surface area contributed by atoms with E-state index in [2.05, 4.69) is 5.32 Å². The van der Waals surface area contributed by atoms with Crippen LogP contribution in [-0.2, 0) is 14.4 Å². The van der Waals surface area contributed by atoms with Crippen LogP contribution in [0.15, 0.2) is 0 Å². The van der Waals surface area contributed by atoms with Crippen molar-refractivity contribution in [2.75, 3.05) is 13.1 Å². The van der Waals surface area contributed by atoms with Gasteiger partial charge in [0.1, 0.15) is 0 Å². The van der Waals surface area contributed by atoms with Crippen LogP contribution in [0.25, 0.3) is 0 Å². The highest BCUT2D eigenvalue weighted by Crippen LogP contribution is 2.15. The Morgan fingerprint density at radius 3 is 2.69 bits per heavy atom. The van der Waals surface area contributed by atoms with Gasteiger partial charge in [-0.15, -0.1) is 0 Å². The molecule has 0 aromatic carbocycles. The highest BCUT2D eigenvalue weighted by Gasteiger charge is 2.29. The molecule has 0 saturated carbocycles. The summed E-state index contributed by atoms with van der Waals surface area (Å²) in [7, 11) is 0. The summed E-state index contributed by atoms with van der Waals surface area (Å²) in [5.41, 5.74) is 0. The molecule has 5 nitrogen and oxygen atoms in total. The van der Waals surface area contributed by atoms with Crippen LogP contribution in [0.5, 0.6) is 0 Å². The number of carbonyl (C=O) groups excluding carboxylic acids is 3. The monoisotopic (exact) mass is 184 g/mol. The molecule has 13 heavy (non-hydrogen) atoms. The predicted octanol–water partition coefficient (Wildman–Crippen LogP) is -0.873. The van der Waals surface area contributed by atoms with Crippen molar-refractivity contribution >= 4 is 18.2 Å². The maximum Gasteiger partial charge on any atom is 0.231 e. The minimum atomic E-state index is -0.293. The molecular formula is C8H12N2O3. The lowest BCUT2D eigenvalue weighted by Crippen LogP contribution is -2.33. The van der Waals surface area contributed by atoms with E-state index in [9.17, 15) is 14.4 Å². The van der Waals surface area contributed by atoms with Crippen LogP contribution in [0.3, 0.4) is 0 Å². The number of hydrogen-bond acceptors (Lipinski definition) is 3. The Labute approximate surface area is 76.1 Å². The fraction of sp³-hybridized carbons (Fsp3) is 0.625. The van der Waals surface area contributed by atoms with Crippen molar-refractivity contribution in [2.24, 2.45) is 5.92 Å². The van der Waals surface area contributed by atoms with E-state index in [0.29, 0.717) is 25.9 Å². The first kappa shape index (κ1) is 9.70. The van der Waals surface area contributed by atoms with Crippen molar-refractivity contribution in [3.63, 3.8) is 0 Å². The van der Waals surface area contributed by atoms with Crippen molar-refractivity contribution in [3.05, 3.63) is 0 Å². The van der Waals surface area contributed by atoms with Gasteiger partial charge in [-0.1, -0.05) is 0 Å². The van der Waals surface area contributed by atoms with E-state index < -0.39 is 0 Å². The SMILES string of the molecule is CC(=O)N1CCC(C(=O)NC=O)C1. The number of carbonyl (C=O) groups is 3. The molecule has 0 aromatic heterocycles. The van der Waals surface area contributed by atoms with Gasteiger partial charge in [0.05, 0.1) is 5.92 Å². The van der Waals surface area contributed by atoms with E-state index in [1.165, 1.54) is 6.92 Å². The molecule has 0 aliphatic carbocycles. The molecule has 1 aliphatic heterocycles. The summed E-state index contributed by atoms with van der Waals surface area (Å²) in [5, 5.41) is 2.09. The molecule has 1 fully saturated rings. The first-order chi connectivity index (χ1) is 6.15. The Morgan fingerprint density at radius 2 is 2.23 bits per heavy atom. The van der Waals surface area contributed by atoms with Crippen molar-refractivity contribution in [3.8, 4) is 0 Å². The molecule has 1 rings (SSSR count). The lowest BCUT2D eigenvalue weighted by molar-refractivity contribution is -0.129. The van der Waals surface area contributed by atoms with Crippen molar-refractivity contribution in [1.82, 2.24) is 10.2 Å². The van der Waals surface area contributed by atoms with Crippen LogP contribution in [0.1, 0.15) is 13.3 Å². The summed E-state index contributed by atoms with van der Waals surface area (Å²) in [6, 6.07) is 0. The molecule has 0 spiro atoms. The largest absolute Gasteiger partial charge is 0.342 e. The summed E-state index contributed by atoms with van der Waals surface area (Å²) in [4.78, 5) is 33.6. The fourth-order valence-corrected chi connectivity index (χ4v) is 1.44. The van der Waals surface area contributed by atoms with Crippen molar-refractivity contribution in [2.45, 2.75) is 13.3 Å². The number of nitrogens with zero attached hydrogens (tertiary/aromatic N) is 1. The second kappa shape index (κ2) is 4.02. The molecule has 0 bridgehead atoms. The maximum atomic E-state index is 11.1. The third kappa shape index (κ3) is 2.27. The molecule has 0 aromatic rings. The van der Waals surface area contributed by atoms with Gasteiger partial charge in [-0.2, -0.15) is 0 Å². The first-order valence-electron chi connectivity index (χ1n) is 4.14. The lowest BCUT2D eigenvalue weighted by atomic mass is 10.1. The topological polar surface area (TPSA) is 66.5 Å². The third-order valence-corrected chi connectivity index (χ3v) is 2.21. The number of amides is 3. The quantitative estimate of drug-likeness (QED) is 0.567. The maximum absolute atomic E-state index is 11.1. The summed E-state index contributed by atoms with van der Waals surface area (Å²) in [6.45, 7) is 2.50. The predicted molar refractivity (Wildman–Crippen MR) is 44.6 cm³/mol. The van der Waals surface area contributed by atoms with Gasteiger partial charge in [-0.05, 0) is 6.42 Å². The molecular weight excluding hydrogens is 172 g/mol. The second-order valence-electron chi connectivity index (χ2n) is 3.08. The minimum absolute atomic E-state index is 0.0265. The molecule has 3 amide bonds. The summed E-state index contributed by atoms with van der Waals surface area (Å²) in [6.07, 6.45) is 1.01. The molecule has 1 aliphatic rings. The minimum Gasteiger partial charge on any atom is -0.342 e. The fourth-order valence-electron chi connectivity index (χ4n) is 1.44. The molecule has 1 N–H and O–H groups in total. The van der Waals surface area contributed by atoms with Gasteiger partial charge in [-0.3, -0.25) is 19.7 Å². The van der Waals surface area contributed by atoms with Crippen LogP contribution in [0.4, 0.5) is 0 Å². The molecule has 5 heteroatoms. The second-order valence-corrected chi connectivity index (χ2v) is 3.08. The smallest absolute Gasteiger partial charge is 0.231 e. The van der Waals surface area contributed by atoms with Gasteiger partial charge in [0, 0.05) is 20.0 Å². The zero-order valence-corrected chi connectivity index (χ0v) is 7.45. The van der Waals surface area contributed by atoms with Gasteiger partial charge in [-0.25, -0.2) is 0 Å². The van der Waals surface area contributed by atoms with Crippen LogP contribution in [0.2, 0.25) is 0 Å². The number of hydrogen-bond donors (Lipinski definition) is 1. The van der Waals surface area contributed by atoms with E-state index in [4.69, 9.17) is 0 Å². The van der Waals surface area contributed by atoms with Gasteiger partial charge in [0.15, 0.2) is 0 Å². The highest BCUT2D eigenvalue weighted by molar-refractivity contribution is 5.88. The van der Waals surface area contributed by atoms with Gasteiger partial charge in [0.25, 0.3) is 0 Å². The Balaban J connectivity index is 2.44. The number of rotatable bonds is 2. The van der Waals surface area contributed by atoms with Gasteiger partial charge < -0.3 is 4.90 Å². The van der Waals surface area contributed by atoms with Gasteiger partial charge >= 0.3 is 0 Å². The molecule has 1 heterocycles. The van der Waals surface area contributed by atoms with Crippen LogP contribution in [0, 0.1) is 5.92 Å². The highest BCUT2D eigenvalue weighted by atomic mass is 16.2. The van der Waals surface area contributed by atoms with Crippen molar-refractivity contribution < 1.29 is 14.4 Å². The summed E-state index contributed by atoms with van der Waals surface area (Å²) < 4.78 is 0. The first-order valence-corrected chi connectivity index (χ1v) is 4.14. The number of nitrogens with one attached hydrogen (secondary N) is 1. The third-order valence-electron chi connectivity index (χ3n) is 2.21. The van der Waals surface area contributed by atoms with E-state index in [0.717, 1.165) is 0 Å². The van der Waals surface area contributed by atoms with E-state index >= 15 is 0 Å². The normalized spacial score (nSPS) is 21.3. The Bertz CT molecular complexity index is 240. The molecule has 72 valence electrons. The average molecular weight is 184 g/mol. The van der Waals surface area contributed by atoms with Crippen LogP contribution >= 0.6 is 0 Å². The Morgan fingerprint density at radius 1 is 1.54 bits per heavy atom. The van der Waals surface area contributed by atoms with Crippen molar-refractivity contribution in [1.29, 1.82) is 0 Å². The van der Waals surface area contributed by atoms with E-state index in [1.807, 2.05) is 0 Å². The van der Waals surface area contributed by atoms with Crippen LogP contribution in [-0.4, -0.2) is 36.2 Å². The average Bonchev–Trinajstić information content (AvgIpc) is 2.52. The zero-order valence-electron chi connectivity index (χ0n) is 7.45. The molecule has 1 unspecified atom stereocenters. The Hall–Kier alpha value is -1.39. The summed E-state index contributed by atoms with van der Waals surface area (Å²) >= 11 is 0. The zero-order chi connectivity index (χ0) is 9.84. The lowest BCUT2D eigenvalue weighted by Gasteiger charge is -2.12. The van der Waals surface area contributed by atoms with E-state index in [1.54, 1.807) is 4.90 Å². The number of likely N-dealkylation sites (tertiary alicyclic amines) is 1. The Kier molecular flexibility index (Phi) is 3.00. The van der Waals surface area contributed by atoms with Crippen LogP contribution < -0.4 is 5.32 Å². The molecule has 0 radical (unpaired) electrons. The standard InChI is InChI=1S/C8H12N2O3/c1-6(12)10-3-2-7(4-10)8(13)9-5-11/h5,7H,2-4H2,1H3,(H,9,11,13). The number of imide groups is 1. The molecule has 1 atom stereocenters. The van der Waals surface area contributed by atoms with Gasteiger partial charge in [0.2, 0.25) is 18.2 Å².